The maximum atomic E-state index is 3.63. The average molecular weight is 297 g/mol. The number of hydrogen-bond acceptors (Lipinski definition) is 3. The molecule has 0 fully saturated rings. The van der Waals surface area contributed by atoms with Crippen molar-refractivity contribution in [3.8, 4) is 0 Å². The smallest absolute Gasteiger partial charge is 0.0410 e. The Bertz CT molecular complexity index is 361. The summed E-state index contributed by atoms with van der Waals surface area (Å²) in [6.45, 7) is 14.9. The first-order chi connectivity index (χ1) is 9.38. The molecule has 0 aliphatic rings. The number of nitrogens with zero attached hydrogens (tertiary/aromatic N) is 1. The third kappa shape index (κ3) is 5.55. The number of thiophene rings is 1. The van der Waals surface area contributed by atoms with Crippen LogP contribution in [0.15, 0.2) is 17.5 Å². The van der Waals surface area contributed by atoms with Gasteiger partial charge in [-0.25, -0.2) is 0 Å². The van der Waals surface area contributed by atoms with Gasteiger partial charge in [-0.1, -0.05) is 33.8 Å². The Morgan fingerprint density at radius 1 is 1.35 bits per heavy atom. The lowest BCUT2D eigenvalue weighted by molar-refractivity contribution is 0.148. The van der Waals surface area contributed by atoms with E-state index in [1.165, 1.54) is 11.3 Å². The van der Waals surface area contributed by atoms with Crippen LogP contribution in [-0.4, -0.2) is 31.6 Å². The molecule has 116 valence electrons. The molecule has 0 aliphatic carbocycles. The van der Waals surface area contributed by atoms with E-state index in [4.69, 9.17) is 0 Å². The standard InChI is InChI=1S/C17H32N2S/c1-7-17(5,12-18-11-14(2)3)13-19(6)15(4)16-9-8-10-20-16/h8-10,14-15,18H,7,11-13H2,1-6H3. The molecule has 0 aliphatic heterocycles. The third-order valence-electron chi connectivity index (χ3n) is 4.21. The summed E-state index contributed by atoms with van der Waals surface area (Å²) < 4.78 is 0. The van der Waals surface area contributed by atoms with Crippen molar-refractivity contribution in [3.63, 3.8) is 0 Å². The van der Waals surface area contributed by atoms with Gasteiger partial charge in [0.2, 0.25) is 0 Å². The molecular formula is C17H32N2S. The topological polar surface area (TPSA) is 15.3 Å². The SMILES string of the molecule is CCC(C)(CNCC(C)C)CN(C)C(C)c1cccs1. The lowest BCUT2D eigenvalue weighted by atomic mass is 9.86. The van der Waals surface area contributed by atoms with Crippen molar-refractivity contribution in [2.45, 2.75) is 47.1 Å². The molecule has 0 amide bonds. The van der Waals surface area contributed by atoms with Crippen LogP contribution in [0.25, 0.3) is 0 Å². The van der Waals surface area contributed by atoms with E-state index in [1.807, 2.05) is 11.3 Å². The molecule has 0 radical (unpaired) electrons. The van der Waals surface area contributed by atoms with E-state index in [1.54, 1.807) is 0 Å². The molecule has 0 bridgehead atoms. The predicted molar refractivity (Wildman–Crippen MR) is 91.5 cm³/mol. The lowest BCUT2D eigenvalue weighted by Gasteiger charge is -2.36. The Morgan fingerprint density at radius 2 is 2.05 bits per heavy atom. The highest BCUT2D eigenvalue weighted by atomic mass is 32.1. The maximum Gasteiger partial charge on any atom is 0.0410 e. The molecule has 2 unspecified atom stereocenters. The van der Waals surface area contributed by atoms with Gasteiger partial charge in [0.15, 0.2) is 0 Å². The molecule has 0 saturated heterocycles. The molecule has 1 heterocycles. The van der Waals surface area contributed by atoms with Crippen LogP contribution < -0.4 is 5.32 Å². The highest BCUT2D eigenvalue weighted by Gasteiger charge is 2.26. The zero-order valence-corrected chi connectivity index (χ0v) is 14.9. The van der Waals surface area contributed by atoms with E-state index < -0.39 is 0 Å². The van der Waals surface area contributed by atoms with E-state index >= 15 is 0 Å². The van der Waals surface area contributed by atoms with Crippen molar-refractivity contribution in [3.05, 3.63) is 22.4 Å². The summed E-state index contributed by atoms with van der Waals surface area (Å²) in [6, 6.07) is 4.89. The fraction of sp³-hybridized carbons (Fsp3) is 0.765. The van der Waals surface area contributed by atoms with Crippen molar-refractivity contribution in [1.82, 2.24) is 10.2 Å². The quantitative estimate of drug-likeness (QED) is 0.726. The molecule has 0 aromatic carbocycles. The normalized spacial score (nSPS) is 16.6. The molecule has 3 heteroatoms. The van der Waals surface area contributed by atoms with Gasteiger partial charge in [0.25, 0.3) is 0 Å². The molecule has 1 aromatic heterocycles. The Balaban J connectivity index is 2.53. The van der Waals surface area contributed by atoms with Gasteiger partial charge in [-0.2, -0.15) is 0 Å². The third-order valence-corrected chi connectivity index (χ3v) is 5.25. The van der Waals surface area contributed by atoms with Crippen LogP contribution in [0.5, 0.6) is 0 Å². The first kappa shape index (κ1) is 17.7. The molecule has 2 atom stereocenters. The molecule has 1 N–H and O–H groups in total. The van der Waals surface area contributed by atoms with Gasteiger partial charge in [0.1, 0.15) is 0 Å². The highest BCUT2D eigenvalue weighted by Crippen LogP contribution is 2.28. The van der Waals surface area contributed by atoms with Gasteiger partial charge in [-0.15, -0.1) is 11.3 Å². The zero-order chi connectivity index (χ0) is 15.2. The summed E-state index contributed by atoms with van der Waals surface area (Å²) in [4.78, 5) is 3.95. The fourth-order valence-electron chi connectivity index (χ4n) is 2.44. The average Bonchev–Trinajstić information content (AvgIpc) is 2.91. The summed E-state index contributed by atoms with van der Waals surface area (Å²) in [5.74, 6) is 0.721. The van der Waals surface area contributed by atoms with Gasteiger partial charge in [0, 0.05) is 24.0 Å². The van der Waals surface area contributed by atoms with E-state index in [0.29, 0.717) is 11.5 Å². The van der Waals surface area contributed by atoms with Gasteiger partial charge >= 0.3 is 0 Å². The number of nitrogens with one attached hydrogen (secondary N) is 1. The van der Waals surface area contributed by atoms with Gasteiger partial charge < -0.3 is 5.32 Å². The zero-order valence-electron chi connectivity index (χ0n) is 14.1. The maximum absolute atomic E-state index is 3.63. The minimum atomic E-state index is 0.342. The highest BCUT2D eigenvalue weighted by molar-refractivity contribution is 7.10. The summed E-state index contributed by atoms with van der Waals surface area (Å²) in [5, 5.41) is 5.80. The van der Waals surface area contributed by atoms with Crippen molar-refractivity contribution in [2.75, 3.05) is 26.7 Å². The fourth-order valence-corrected chi connectivity index (χ4v) is 3.29. The van der Waals surface area contributed by atoms with Crippen LogP contribution in [0.3, 0.4) is 0 Å². The van der Waals surface area contributed by atoms with E-state index in [0.717, 1.165) is 25.6 Å². The van der Waals surface area contributed by atoms with Crippen molar-refractivity contribution in [1.29, 1.82) is 0 Å². The van der Waals surface area contributed by atoms with E-state index in [-0.39, 0.29) is 0 Å². The molecule has 0 spiro atoms. The second kappa shape index (κ2) is 8.16. The minimum absolute atomic E-state index is 0.342. The second-order valence-corrected chi connectivity index (χ2v) is 7.77. The number of hydrogen-bond donors (Lipinski definition) is 1. The summed E-state index contributed by atoms with van der Waals surface area (Å²) in [5.41, 5.74) is 0.342. The van der Waals surface area contributed by atoms with E-state index in [9.17, 15) is 0 Å². The summed E-state index contributed by atoms with van der Waals surface area (Å²) >= 11 is 1.86. The van der Waals surface area contributed by atoms with Crippen molar-refractivity contribution in [2.24, 2.45) is 11.3 Å². The second-order valence-electron chi connectivity index (χ2n) is 6.80. The Morgan fingerprint density at radius 3 is 2.55 bits per heavy atom. The van der Waals surface area contributed by atoms with E-state index in [2.05, 4.69) is 69.4 Å². The molecule has 1 aromatic rings. The Kier molecular flexibility index (Phi) is 7.21. The summed E-state index contributed by atoms with van der Waals surface area (Å²) in [7, 11) is 2.25. The van der Waals surface area contributed by atoms with Gasteiger partial charge in [-0.3, -0.25) is 4.90 Å². The molecule has 20 heavy (non-hydrogen) atoms. The van der Waals surface area contributed by atoms with Crippen LogP contribution in [0.1, 0.15) is 52.0 Å². The number of rotatable bonds is 9. The van der Waals surface area contributed by atoms with Crippen LogP contribution in [0.2, 0.25) is 0 Å². The summed E-state index contributed by atoms with van der Waals surface area (Å²) in [6.07, 6.45) is 1.21. The molecular weight excluding hydrogens is 264 g/mol. The van der Waals surface area contributed by atoms with Crippen LogP contribution in [0, 0.1) is 11.3 Å². The minimum Gasteiger partial charge on any atom is -0.316 e. The largest absolute Gasteiger partial charge is 0.316 e. The van der Waals surface area contributed by atoms with Crippen LogP contribution >= 0.6 is 11.3 Å². The first-order valence-electron chi connectivity index (χ1n) is 7.82. The monoisotopic (exact) mass is 296 g/mol. The molecule has 2 nitrogen and oxygen atoms in total. The first-order valence-corrected chi connectivity index (χ1v) is 8.70. The van der Waals surface area contributed by atoms with Crippen LogP contribution in [0.4, 0.5) is 0 Å². The van der Waals surface area contributed by atoms with Crippen molar-refractivity contribution < 1.29 is 0 Å². The lowest BCUT2D eigenvalue weighted by Crippen LogP contribution is -2.42. The van der Waals surface area contributed by atoms with Crippen molar-refractivity contribution >= 4 is 11.3 Å². The Hall–Kier alpha value is -0.380. The molecule has 0 saturated carbocycles. The van der Waals surface area contributed by atoms with Gasteiger partial charge in [0.05, 0.1) is 0 Å². The van der Waals surface area contributed by atoms with Crippen LogP contribution in [-0.2, 0) is 0 Å². The Labute approximate surface area is 129 Å². The van der Waals surface area contributed by atoms with Gasteiger partial charge in [-0.05, 0) is 49.7 Å². The predicted octanol–water partition coefficient (Wildman–Crippen LogP) is 4.40. The molecule has 1 rings (SSSR count).